The maximum Gasteiger partial charge on any atom is 0.330 e. The highest BCUT2D eigenvalue weighted by Gasteiger charge is 2.26. The molecule has 1 aromatic carbocycles. The Bertz CT molecular complexity index is 375. The Labute approximate surface area is 108 Å². The number of hydrogen-bond acceptors (Lipinski definition) is 4. The minimum Gasteiger partial charge on any atom is -0.490 e. The highest BCUT2D eigenvalue weighted by molar-refractivity contribution is 9.10. The normalized spacial score (nSPS) is 13.5. The van der Waals surface area contributed by atoms with Crippen LogP contribution in [0, 0.1) is 0 Å². The molecule has 0 aliphatic heterocycles. The average molecular weight is 301 g/mol. The van der Waals surface area contributed by atoms with Gasteiger partial charge in [-0.05, 0) is 28.1 Å². The molecule has 5 heteroatoms. The first kappa shape index (κ1) is 13.7. The van der Waals surface area contributed by atoms with Gasteiger partial charge in [0.1, 0.15) is 19.0 Å². The van der Waals surface area contributed by atoms with E-state index in [-0.39, 0.29) is 13.2 Å². The number of halogens is 1. The van der Waals surface area contributed by atoms with Crippen LogP contribution in [0.25, 0.3) is 0 Å². The van der Waals surface area contributed by atoms with E-state index in [4.69, 9.17) is 9.47 Å². The zero-order valence-corrected chi connectivity index (χ0v) is 10.7. The topological polar surface area (TPSA) is 55.8 Å². The number of para-hydroxylation sites is 1. The van der Waals surface area contributed by atoms with Crippen molar-refractivity contribution in [1.82, 2.24) is 0 Å². The molecule has 0 bridgehead atoms. The minimum absolute atomic E-state index is 0.0402. The minimum atomic E-state index is -1.42. The van der Waals surface area contributed by atoms with Gasteiger partial charge in [0.25, 0.3) is 0 Å². The lowest BCUT2D eigenvalue weighted by Crippen LogP contribution is -2.35. The fourth-order valence-corrected chi connectivity index (χ4v) is 1.22. The van der Waals surface area contributed by atoms with E-state index in [0.717, 1.165) is 6.08 Å². The molecule has 0 saturated heterocycles. The van der Waals surface area contributed by atoms with Gasteiger partial charge < -0.3 is 14.6 Å². The predicted molar refractivity (Wildman–Crippen MR) is 67.0 cm³/mol. The molecule has 92 valence electrons. The summed E-state index contributed by atoms with van der Waals surface area (Å²) in [6.45, 7) is 2.99. The van der Waals surface area contributed by atoms with Crippen molar-refractivity contribution < 1.29 is 19.4 Å². The summed E-state index contributed by atoms with van der Waals surface area (Å²) in [7, 11) is 0. The molecular weight excluding hydrogens is 288 g/mol. The third kappa shape index (κ3) is 5.51. The molecule has 4 nitrogen and oxygen atoms in total. The van der Waals surface area contributed by atoms with Crippen molar-refractivity contribution in [2.45, 2.75) is 4.51 Å². The Hall–Kier alpha value is -1.33. The van der Waals surface area contributed by atoms with E-state index < -0.39 is 10.5 Å². The van der Waals surface area contributed by atoms with Crippen molar-refractivity contribution in [1.29, 1.82) is 0 Å². The van der Waals surface area contributed by atoms with E-state index in [1.807, 2.05) is 18.2 Å². The van der Waals surface area contributed by atoms with Gasteiger partial charge in [0, 0.05) is 6.08 Å². The molecule has 17 heavy (non-hydrogen) atoms. The van der Waals surface area contributed by atoms with Gasteiger partial charge in [0.05, 0.1) is 0 Å². The molecule has 1 N–H and O–H groups in total. The van der Waals surface area contributed by atoms with Gasteiger partial charge in [-0.3, -0.25) is 0 Å². The predicted octanol–water partition coefficient (Wildman–Crippen LogP) is 1.88. The van der Waals surface area contributed by atoms with Crippen molar-refractivity contribution in [3.05, 3.63) is 43.0 Å². The maximum absolute atomic E-state index is 10.8. The fraction of sp³-hybridized carbons (Fsp3) is 0.250. The average Bonchev–Trinajstić information content (AvgIpc) is 2.35. The van der Waals surface area contributed by atoms with E-state index in [2.05, 4.69) is 22.5 Å². The number of hydrogen-bond donors (Lipinski definition) is 1. The van der Waals surface area contributed by atoms with Crippen LogP contribution in [0.15, 0.2) is 43.0 Å². The van der Waals surface area contributed by atoms with Crippen molar-refractivity contribution in [2.75, 3.05) is 13.2 Å². The van der Waals surface area contributed by atoms with Crippen molar-refractivity contribution in [3.8, 4) is 5.75 Å². The lowest BCUT2D eigenvalue weighted by atomic mass is 10.3. The molecule has 1 atom stereocenters. The highest BCUT2D eigenvalue weighted by Crippen LogP contribution is 2.18. The summed E-state index contributed by atoms with van der Waals surface area (Å²) < 4.78 is 8.62. The Balaban J connectivity index is 2.39. The lowest BCUT2D eigenvalue weighted by Gasteiger charge is -2.20. The first-order valence-corrected chi connectivity index (χ1v) is 5.71. The monoisotopic (exact) mass is 300 g/mol. The smallest absolute Gasteiger partial charge is 0.330 e. The highest BCUT2D eigenvalue weighted by atomic mass is 79.9. The van der Waals surface area contributed by atoms with E-state index in [9.17, 15) is 9.90 Å². The Morgan fingerprint density at radius 2 is 2.06 bits per heavy atom. The summed E-state index contributed by atoms with van der Waals surface area (Å²) >= 11 is 3.02. The second-order valence-corrected chi connectivity index (χ2v) is 4.81. The zero-order valence-electron chi connectivity index (χ0n) is 9.14. The summed E-state index contributed by atoms with van der Waals surface area (Å²) in [6.07, 6.45) is 1.03. The maximum atomic E-state index is 10.8. The summed E-state index contributed by atoms with van der Waals surface area (Å²) in [6, 6.07) is 9.03. The second-order valence-electron chi connectivity index (χ2n) is 3.33. The van der Waals surface area contributed by atoms with Crippen LogP contribution in [0.2, 0.25) is 0 Å². The molecule has 0 amide bonds. The quantitative estimate of drug-likeness (QED) is 0.495. The largest absolute Gasteiger partial charge is 0.490 e. The Morgan fingerprint density at radius 1 is 1.41 bits per heavy atom. The number of rotatable bonds is 6. The summed E-state index contributed by atoms with van der Waals surface area (Å²) in [4.78, 5) is 10.8. The van der Waals surface area contributed by atoms with E-state index in [0.29, 0.717) is 5.75 Å². The molecule has 0 saturated carbocycles. The van der Waals surface area contributed by atoms with Gasteiger partial charge in [-0.1, -0.05) is 24.8 Å². The molecule has 0 heterocycles. The number of carbonyl (C=O) groups is 1. The molecule has 0 spiro atoms. The summed E-state index contributed by atoms with van der Waals surface area (Å²) in [5.74, 6) is 0.0306. The second kappa shape index (κ2) is 6.42. The SMILES string of the molecule is C=CC(=O)OCC(O)(Br)COc1ccccc1. The number of aliphatic hydroxyl groups is 1. The van der Waals surface area contributed by atoms with Gasteiger partial charge in [-0.2, -0.15) is 0 Å². The van der Waals surface area contributed by atoms with Crippen molar-refractivity contribution in [3.63, 3.8) is 0 Å². The number of alkyl halides is 1. The van der Waals surface area contributed by atoms with Crippen molar-refractivity contribution in [2.24, 2.45) is 0 Å². The Kier molecular flexibility index (Phi) is 5.18. The van der Waals surface area contributed by atoms with Gasteiger partial charge in [-0.15, -0.1) is 0 Å². The van der Waals surface area contributed by atoms with Crippen LogP contribution in [-0.4, -0.2) is 28.8 Å². The van der Waals surface area contributed by atoms with Crippen LogP contribution >= 0.6 is 15.9 Å². The zero-order chi connectivity index (χ0) is 12.7. The van der Waals surface area contributed by atoms with Gasteiger partial charge >= 0.3 is 5.97 Å². The summed E-state index contributed by atoms with van der Waals surface area (Å²) in [5, 5.41) is 9.80. The van der Waals surface area contributed by atoms with E-state index >= 15 is 0 Å². The molecule has 1 unspecified atom stereocenters. The number of carbonyl (C=O) groups excluding carboxylic acids is 1. The van der Waals surface area contributed by atoms with Crippen LogP contribution in [0.3, 0.4) is 0 Å². The first-order chi connectivity index (χ1) is 8.03. The molecular formula is C12H13BrO4. The van der Waals surface area contributed by atoms with Crippen molar-refractivity contribution >= 4 is 21.9 Å². The van der Waals surface area contributed by atoms with E-state index in [1.165, 1.54) is 0 Å². The van der Waals surface area contributed by atoms with E-state index in [1.54, 1.807) is 12.1 Å². The molecule has 1 aromatic rings. The fourth-order valence-electron chi connectivity index (χ4n) is 0.993. The van der Waals surface area contributed by atoms with Crippen LogP contribution in [0.1, 0.15) is 0 Å². The third-order valence-corrected chi connectivity index (χ3v) is 2.26. The third-order valence-electron chi connectivity index (χ3n) is 1.81. The molecule has 0 aromatic heterocycles. The van der Waals surface area contributed by atoms with Crippen LogP contribution < -0.4 is 4.74 Å². The van der Waals surface area contributed by atoms with Crippen LogP contribution in [-0.2, 0) is 9.53 Å². The molecule has 0 aliphatic carbocycles. The number of esters is 1. The first-order valence-electron chi connectivity index (χ1n) is 4.92. The van der Waals surface area contributed by atoms with Gasteiger partial charge in [-0.25, -0.2) is 4.79 Å². The Morgan fingerprint density at radius 3 is 2.65 bits per heavy atom. The molecule has 1 rings (SSSR count). The van der Waals surface area contributed by atoms with Crippen LogP contribution in [0.5, 0.6) is 5.75 Å². The standard InChI is InChI=1S/C12H13BrO4/c1-2-11(14)17-9-12(13,15)8-16-10-6-4-3-5-7-10/h2-7,15H,1,8-9H2. The van der Waals surface area contributed by atoms with Crippen LogP contribution in [0.4, 0.5) is 0 Å². The number of benzene rings is 1. The number of ether oxygens (including phenoxy) is 2. The molecule has 0 fully saturated rings. The van der Waals surface area contributed by atoms with Gasteiger partial charge in [0.15, 0.2) is 4.51 Å². The van der Waals surface area contributed by atoms with Gasteiger partial charge in [0.2, 0.25) is 0 Å². The lowest BCUT2D eigenvalue weighted by molar-refractivity contribution is -0.142. The molecule has 0 aliphatic rings. The molecule has 0 radical (unpaired) electrons. The summed E-state index contributed by atoms with van der Waals surface area (Å²) in [5.41, 5.74) is 0.